The zero-order chi connectivity index (χ0) is 11.5. The van der Waals surface area contributed by atoms with Crippen molar-refractivity contribution in [3.05, 3.63) is 35.4 Å². The van der Waals surface area contributed by atoms with Crippen molar-refractivity contribution in [3.63, 3.8) is 0 Å². The molecule has 1 N–H and O–H groups in total. The van der Waals surface area contributed by atoms with Crippen LogP contribution >= 0.6 is 0 Å². The number of halogens is 2. The second kappa shape index (κ2) is 4.89. The first-order chi connectivity index (χ1) is 7.66. The number of benzene rings is 1. The van der Waals surface area contributed by atoms with E-state index in [0.717, 1.165) is 38.1 Å². The number of hydrogen-bond acceptors (Lipinski definition) is 2. The molecule has 4 heteroatoms. The van der Waals surface area contributed by atoms with Crippen LogP contribution in [0, 0.1) is 11.6 Å². The highest BCUT2D eigenvalue weighted by Crippen LogP contribution is 2.19. The van der Waals surface area contributed by atoms with Crippen molar-refractivity contribution < 1.29 is 13.9 Å². The van der Waals surface area contributed by atoms with Gasteiger partial charge in [0.05, 0.1) is 6.10 Å². The lowest BCUT2D eigenvalue weighted by atomic mass is 10.1. The van der Waals surface area contributed by atoms with E-state index in [-0.39, 0.29) is 0 Å². The second-order valence-electron chi connectivity index (χ2n) is 4.20. The summed E-state index contributed by atoms with van der Waals surface area (Å²) in [4.78, 5) is 2.13. The SMILES string of the molecule is OC(CN1CCCC1)c1ccc(F)c(F)c1. The van der Waals surface area contributed by atoms with Gasteiger partial charge in [0, 0.05) is 6.54 Å². The molecule has 16 heavy (non-hydrogen) atoms. The van der Waals surface area contributed by atoms with Crippen molar-refractivity contribution in [2.45, 2.75) is 18.9 Å². The van der Waals surface area contributed by atoms with Crippen molar-refractivity contribution in [3.8, 4) is 0 Å². The Morgan fingerprint density at radius 2 is 1.88 bits per heavy atom. The van der Waals surface area contributed by atoms with Gasteiger partial charge in [-0.05, 0) is 43.6 Å². The highest BCUT2D eigenvalue weighted by Gasteiger charge is 2.17. The predicted molar refractivity (Wildman–Crippen MR) is 57.0 cm³/mol. The Balaban J connectivity index is 2.02. The van der Waals surface area contributed by atoms with Crippen molar-refractivity contribution >= 4 is 0 Å². The summed E-state index contributed by atoms with van der Waals surface area (Å²) in [5, 5.41) is 9.87. The molecule has 2 nitrogen and oxygen atoms in total. The Hall–Kier alpha value is -1.00. The molecule has 1 fully saturated rings. The molecule has 0 amide bonds. The normalized spacial score (nSPS) is 18.9. The number of β-amino-alcohol motifs (C(OH)–C–C–N with tert-alkyl or cyclic N) is 1. The maximum absolute atomic E-state index is 13.0. The number of nitrogens with zero attached hydrogens (tertiary/aromatic N) is 1. The van der Waals surface area contributed by atoms with E-state index in [2.05, 4.69) is 4.90 Å². The summed E-state index contributed by atoms with van der Waals surface area (Å²) in [6, 6.07) is 3.55. The van der Waals surface area contributed by atoms with Gasteiger partial charge < -0.3 is 10.0 Å². The molecule has 1 atom stereocenters. The third-order valence-corrected chi connectivity index (χ3v) is 2.96. The molecule has 1 heterocycles. The van der Waals surface area contributed by atoms with E-state index in [9.17, 15) is 13.9 Å². The minimum absolute atomic E-state index is 0.436. The molecule has 0 bridgehead atoms. The van der Waals surface area contributed by atoms with Crippen LogP contribution in [0.4, 0.5) is 8.78 Å². The lowest BCUT2D eigenvalue weighted by Gasteiger charge is -2.19. The van der Waals surface area contributed by atoms with E-state index in [1.807, 2.05) is 0 Å². The minimum Gasteiger partial charge on any atom is -0.387 e. The standard InChI is InChI=1S/C12H15F2NO/c13-10-4-3-9(7-11(10)14)12(16)8-15-5-1-2-6-15/h3-4,7,12,16H,1-2,5-6,8H2. The highest BCUT2D eigenvalue weighted by molar-refractivity contribution is 5.20. The second-order valence-corrected chi connectivity index (χ2v) is 4.20. The lowest BCUT2D eigenvalue weighted by Crippen LogP contribution is -2.25. The van der Waals surface area contributed by atoms with Gasteiger partial charge in [-0.3, -0.25) is 0 Å². The van der Waals surface area contributed by atoms with E-state index in [0.29, 0.717) is 12.1 Å². The summed E-state index contributed by atoms with van der Waals surface area (Å²) in [5.41, 5.74) is 0.436. The van der Waals surface area contributed by atoms with Crippen molar-refractivity contribution in [1.82, 2.24) is 4.90 Å². The van der Waals surface area contributed by atoms with E-state index in [1.54, 1.807) is 0 Å². The monoisotopic (exact) mass is 227 g/mol. The fourth-order valence-electron chi connectivity index (χ4n) is 2.03. The molecule has 1 saturated heterocycles. The lowest BCUT2D eigenvalue weighted by molar-refractivity contribution is 0.126. The minimum atomic E-state index is -0.905. The van der Waals surface area contributed by atoms with Gasteiger partial charge in [-0.25, -0.2) is 8.78 Å². The van der Waals surface area contributed by atoms with Crippen LogP contribution in [-0.2, 0) is 0 Å². The molecule has 1 aromatic rings. The summed E-state index contributed by atoms with van der Waals surface area (Å²) < 4.78 is 25.7. The summed E-state index contributed by atoms with van der Waals surface area (Å²) in [7, 11) is 0. The molecule has 0 spiro atoms. The third-order valence-electron chi connectivity index (χ3n) is 2.96. The Bertz CT molecular complexity index is 364. The Kier molecular flexibility index (Phi) is 3.51. The van der Waals surface area contributed by atoms with Crippen molar-refractivity contribution in [1.29, 1.82) is 0 Å². The smallest absolute Gasteiger partial charge is 0.159 e. The summed E-state index contributed by atoms with van der Waals surface area (Å²) >= 11 is 0. The molecule has 1 aromatic carbocycles. The highest BCUT2D eigenvalue weighted by atomic mass is 19.2. The first kappa shape index (κ1) is 11.5. The van der Waals surface area contributed by atoms with Crippen LogP contribution in [0.1, 0.15) is 24.5 Å². The molecule has 88 valence electrons. The number of hydrogen-bond donors (Lipinski definition) is 1. The quantitative estimate of drug-likeness (QED) is 0.854. The van der Waals surface area contributed by atoms with Crippen LogP contribution in [0.15, 0.2) is 18.2 Å². The number of aliphatic hydroxyl groups is 1. The third kappa shape index (κ3) is 2.57. The molecular weight excluding hydrogens is 212 g/mol. The number of likely N-dealkylation sites (tertiary alicyclic amines) is 1. The van der Waals surface area contributed by atoms with E-state index in [4.69, 9.17) is 0 Å². The average Bonchev–Trinajstić information content (AvgIpc) is 2.74. The zero-order valence-corrected chi connectivity index (χ0v) is 9.00. The van der Waals surface area contributed by atoms with Gasteiger partial charge in [-0.1, -0.05) is 6.07 Å². The molecule has 1 aliphatic rings. The number of rotatable bonds is 3. The van der Waals surface area contributed by atoms with Gasteiger partial charge in [0.1, 0.15) is 0 Å². The Morgan fingerprint density at radius 1 is 1.19 bits per heavy atom. The van der Waals surface area contributed by atoms with Gasteiger partial charge in [0.2, 0.25) is 0 Å². The fourth-order valence-corrected chi connectivity index (χ4v) is 2.03. The van der Waals surface area contributed by atoms with E-state index >= 15 is 0 Å². The van der Waals surface area contributed by atoms with Crippen LogP contribution in [0.5, 0.6) is 0 Å². The molecule has 1 aliphatic heterocycles. The Morgan fingerprint density at radius 3 is 2.50 bits per heavy atom. The van der Waals surface area contributed by atoms with Gasteiger partial charge in [-0.2, -0.15) is 0 Å². The van der Waals surface area contributed by atoms with Crippen LogP contribution in [0.3, 0.4) is 0 Å². The Labute approximate surface area is 93.5 Å². The van der Waals surface area contributed by atoms with Gasteiger partial charge >= 0.3 is 0 Å². The molecule has 0 aromatic heterocycles. The van der Waals surface area contributed by atoms with Gasteiger partial charge in [-0.15, -0.1) is 0 Å². The van der Waals surface area contributed by atoms with Gasteiger partial charge in [0.25, 0.3) is 0 Å². The van der Waals surface area contributed by atoms with Crippen LogP contribution in [0.25, 0.3) is 0 Å². The molecule has 0 radical (unpaired) electrons. The zero-order valence-electron chi connectivity index (χ0n) is 9.00. The van der Waals surface area contributed by atoms with Crippen molar-refractivity contribution in [2.75, 3.05) is 19.6 Å². The van der Waals surface area contributed by atoms with Crippen LogP contribution in [-0.4, -0.2) is 29.6 Å². The molecular formula is C12H15F2NO. The summed E-state index contributed by atoms with van der Waals surface area (Å²) in [6.45, 7) is 2.44. The van der Waals surface area contributed by atoms with Crippen LogP contribution < -0.4 is 0 Å². The van der Waals surface area contributed by atoms with Crippen molar-refractivity contribution in [2.24, 2.45) is 0 Å². The fraction of sp³-hybridized carbons (Fsp3) is 0.500. The molecule has 0 saturated carbocycles. The maximum atomic E-state index is 13.0. The number of aliphatic hydroxyl groups excluding tert-OH is 1. The van der Waals surface area contributed by atoms with E-state index in [1.165, 1.54) is 6.07 Å². The predicted octanol–water partition coefficient (Wildman–Crippen LogP) is 2.09. The summed E-state index contributed by atoms with van der Waals surface area (Å²) in [5.74, 6) is -1.78. The molecule has 1 unspecified atom stereocenters. The largest absolute Gasteiger partial charge is 0.387 e. The summed E-state index contributed by atoms with van der Waals surface area (Å²) in [6.07, 6.45) is 1.54. The first-order valence-corrected chi connectivity index (χ1v) is 5.52. The molecule has 2 rings (SSSR count). The maximum Gasteiger partial charge on any atom is 0.159 e. The van der Waals surface area contributed by atoms with Gasteiger partial charge in [0.15, 0.2) is 11.6 Å². The van der Waals surface area contributed by atoms with E-state index < -0.39 is 17.7 Å². The average molecular weight is 227 g/mol. The topological polar surface area (TPSA) is 23.5 Å². The first-order valence-electron chi connectivity index (χ1n) is 5.52. The molecule has 0 aliphatic carbocycles. The van der Waals surface area contributed by atoms with Crippen LogP contribution in [0.2, 0.25) is 0 Å².